The predicted molar refractivity (Wildman–Crippen MR) is 76.6 cm³/mol. The second-order valence-corrected chi connectivity index (χ2v) is 5.25. The zero-order valence-electron chi connectivity index (χ0n) is 10.8. The van der Waals surface area contributed by atoms with Crippen molar-refractivity contribution in [1.82, 2.24) is 5.16 Å². The minimum absolute atomic E-state index is 0.153. The first-order valence-corrected chi connectivity index (χ1v) is 6.89. The van der Waals surface area contributed by atoms with Crippen LogP contribution in [0.1, 0.15) is 37.5 Å². The van der Waals surface area contributed by atoms with E-state index in [0.717, 1.165) is 6.42 Å². The summed E-state index contributed by atoms with van der Waals surface area (Å²) in [4.78, 5) is 0. The fourth-order valence-electron chi connectivity index (χ4n) is 1.97. The third-order valence-electron chi connectivity index (χ3n) is 3.24. The lowest BCUT2D eigenvalue weighted by Gasteiger charge is -2.07. The first-order valence-electron chi connectivity index (χ1n) is 6.13. The molecule has 0 spiro atoms. The van der Waals surface area contributed by atoms with Gasteiger partial charge in [-0.15, -0.1) is 0 Å². The van der Waals surface area contributed by atoms with E-state index in [1.165, 1.54) is 0 Å². The van der Waals surface area contributed by atoms with Gasteiger partial charge >= 0.3 is 0 Å². The van der Waals surface area contributed by atoms with Gasteiger partial charge in [0.1, 0.15) is 11.5 Å². The molecule has 0 saturated carbocycles. The molecular weight excluding hydrogens is 285 g/mol. The molecule has 0 bridgehead atoms. The zero-order chi connectivity index (χ0) is 14.0. The number of nitrogens with zero attached hydrogens (tertiary/aromatic N) is 1. The molecule has 3 nitrogen and oxygen atoms in total. The highest BCUT2D eigenvalue weighted by Crippen LogP contribution is 2.38. The Labute approximate surface area is 122 Å². The van der Waals surface area contributed by atoms with Crippen LogP contribution in [0.2, 0.25) is 10.0 Å². The van der Waals surface area contributed by atoms with Gasteiger partial charge in [0.15, 0.2) is 0 Å². The third kappa shape index (κ3) is 2.64. The van der Waals surface area contributed by atoms with Crippen LogP contribution in [-0.2, 0) is 6.61 Å². The molecule has 1 atom stereocenters. The molecule has 0 saturated heterocycles. The predicted octanol–water partition coefficient (Wildman–Crippen LogP) is 4.65. The molecule has 2 aromatic rings. The molecule has 19 heavy (non-hydrogen) atoms. The van der Waals surface area contributed by atoms with Crippen molar-refractivity contribution in [2.24, 2.45) is 0 Å². The number of rotatable bonds is 4. The van der Waals surface area contributed by atoms with Gasteiger partial charge in [-0.05, 0) is 18.6 Å². The third-order valence-corrected chi connectivity index (χ3v) is 3.87. The Morgan fingerprint density at radius 1 is 1.32 bits per heavy atom. The Morgan fingerprint density at radius 3 is 2.47 bits per heavy atom. The number of hydrogen-bond acceptors (Lipinski definition) is 3. The second kappa shape index (κ2) is 5.95. The van der Waals surface area contributed by atoms with E-state index >= 15 is 0 Å². The Balaban J connectivity index is 2.60. The van der Waals surface area contributed by atoms with Crippen LogP contribution in [-0.4, -0.2) is 10.3 Å². The van der Waals surface area contributed by atoms with E-state index < -0.39 is 0 Å². The molecule has 0 radical (unpaired) electrons. The van der Waals surface area contributed by atoms with Crippen LogP contribution in [0, 0.1) is 0 Å². The highest BCUT2D eigenvalue weighted by Gasteiger charge is 2.23. The first-order chi connectivity index (χ1) is 9.10. The highest BCUT2D eigenvalue weighted by atomic mass is 35.5. The average Bonchev–Trinajstić information content (AvgIpc) is 2.81. The maximum absolute atomic E-state index is 9.59. The summed E-state index contributed by atoms with van der Waals surface area (Å²) in [6.45, 7) is 3.92. The van der Waals surface area contributed by atoms with Crippen LogP contribution >= 0.6 is 23.2 Å². The Kier molecular flexibility index (Phi) is 4.50. The molecule has 0 aliphatic heterocycles. The molecule has 0 aliphatic carbocycles. The van der Waals surface area contributed by atoms with E-state index in [4.69, 9.17) is 27.7 Å². The Bertz CT molecular complexity index is 561. The van der Waals surface area contributed by atoms with Gasteiger partial charge in [-0.1, -0.05) is 48.3 Å². The fourth-order valence-corrected chi connectivity index (χ4v) is 2.54. The molecule has 0 amide bonds. The van der Waals surface area contributed by atoms with Crippen molar-refractivity contribution in [2.45, 2.75) is 32.8 Å². The standard InChI is InChI=1S/C14H15Cl2NO2/c1-3-8(2)14-9(7-18)13(17-19-14)12-10(15)5-4-6-11(12)16/h4-6,8,18H,3,7H2,1-2H3/t8-/m1/s1. The van der Waals surface area contributed by atoms with Gasteiger partial charge in [0, 0.05) is 17.0 Å². The lowest BCUT2D eigenvalue weighted by atomic mass is 9.98. The summed E-state index contributed by atoms with van der Waals surface area (Å²) in [7, 11) is 0. The molecule has 102 valence electrons. The molecule has 0 unspecified atom stereocenters. The van der Waals surface area contributed by atoms with Gasteiger partial charge in [0.05, 0.1) is 16.7 Å². The van der Waals surface area contributed by atoms with Crippen molar-refractivity contribution in [3.05, 3.63) is 39.6 Å². The van der Waals surface area contributed by atoms with Crippen LogP contribution in [0.3, 0.4) is 0 Å². The molecule has 5 heteroatoms. The van der Waals surface area contributed by atoms with Gasteiger partial charge in [-0.3, -0.25) is 0 Å². The van der Waals surface area contributed by atoms with Gasteiger partial charge in [0.25, 0.3) is 0 Å². The number of hydrogen-bond donors (Lipinski definition) is 1. The van der Waals surface area contributed by atoms with Crippen molar-refractivity contribution in [3.63, 3.8) is 0 Å². The lowest BCUT2D eigenvalue weighted by molar-refractivity contribution is 0.275. The largest absolute Gasteiger partial charge is 0.391 e. The minimum Gasteiger partial charge on any atom is -0.391 e. The molecule has 1 N–H and O–H groups in total. The second-order valence-electron chi connectivity index (χ2n) is 4.44. The van der Waals surface area contributed by atoms with E-state index in [2.05, 4.69) is 12.1 Å². The normalized spacial score (nSPS) is 12.7. The number of aliphatic hydroxyl groups is 1. The summed E-state index contributed by atoms with van der Waals surface area (Å²) in [6, 6.07) is 5.24. The number of benzene rings is 1. The average molecular weight is 300 g/mol. The summed E-state index contributed by atoms with van der Waals surface area (Å²) in [5, 5.41) is 14.6. The van der Waals surface area contributed by atoms with E-state index in [1.54, 1.807) is 18.2 Å². The quantitative estimate of drug-likeness (QED) is 0.893. The van der Waals surface area contributed by atoms with Crippen LogP contribution in [0.15, 0.2) is 22.7 Å². The van der Waals surface area contributed by atoms with Crippen molar-refractivity contribution < 1.29 is 9.63 Å². The van der Waals surface area contributed by atoms with Gasteiger partial charge in [-0.25, -0.2) is 0 Å². The monoisotopic (exact) mass is 299 g/mol. The Hall–Kier alpha value is -1.03. The topological polar surface area (TPSA) is 46.3 Å². The summed E-state index contributed by atoms with van der Waals surface area (Å²) in [5.74, 6) is 0.876. The van der Waals surface area contributed by atoms with E-state index in [0.29, 0.717) is 32.6 Å². The molecule has 0 fully saturated rings. The summed E-state index contributed by atoms with van der Waals surface area (Å²) in [5.41, 5.74) is 1.78. The first kappa shape index (κ1) is 14.4. The zero-order valence-corrected chi connectivity index (χ0v) is 12.3. The molecule has 1 aromatic carbocycles. The smallest absolute Gasteiger partial charge is 0.145 e. The maximum Gasteiger partial charge on any atom is 0.145 e. The SMILES string of the molecule is CC[C@@H](C)c1onc(-c2c(Cl)cccc2Cl)c1CO. The van der Waals surface area contributed by atoms with Crippen molar-refractivity contribution >= 4 is 23.2 Å². The Morgan fingerprint density at radius 2 is 1.95 bits per heavy atom. The van der Waals surface area contributed by atoms with E-state index in [1.807, 2.05) is 6.92 Å². The lowest BCUT2D eigenvalue weighted by Crippen LogP contribution is -1.96. The van der Waals surface area contributed by atoms with Gasteiger partial charge in [-0.2, -0.15) is 0 Å². The van der Waals surface area contributed by atoms with Gasteiger partial charge < -0.3 is 9.63 Å². The number of halogens is 2. The maximum atomic E-state index is 9.59. The van der Waals surface area contributed by atoms with E-state index in [-0.39, 0.29) is 12.5 Å². The van der Waals surface area contributed by atoms with Crippen LogP contribution in [0.25, 0.3) is 11.3 Å². The van der Waals surface area contributed by atoms with E-state index in [9.17, 15) is 5.11 Å². The summed E-state index contributed by atoms with van der Waals surface area (Å²) >= 11 is 12.3. The minimum atomic E-state index is -0.153. The van der Waals surface area contributed by atoms with Gasteiger partial charge in [0.2, 0.25) is 0 Å². The molecule has 2 rings (SSSR count). The van der Waals surface area contributed by atoms with Crippen LogP contribution < -0.4 is 0 Å². The number of aromatic nitrogens is 1. The van der Waals surface area contributed by atoms with Crippen LogP contribution in [0.4, 0.5) is 0 Å². The van der Waals surface area contributed by atoms with Crippen molar-refractivity contribution in [1.29, 1.82) is 0 Å². The summed E-state index contributed by atoms with van der Waals surface area (Å²) in [6.07, 6.45) is 0.901. The summed E-state index contributed by atoms with van der Waals surface area (Å²) < 4.78 is 5.38. The molecular formula is C14H15Cl2NO2. The molecule has 0 aliphatic rings. The van der Waals surface area contributed by atoms with Crippen molar-refractivity contribution in [3.8, 4) is 11.3 Å². The number of aliphatic hydroxyl groups excluding tert-OH is 1. The fraction of sp³-hybridized carbons (Fsp3) is 0.357. The molecule has 1 heterocycles. The highest BCUT2D eigenvalue weighted by molar-refractivity contribution is 6.39. The van der Waals surface area contributed by atoms with Crippen molar-refractivity contribution in [2.75, 3.05) is 0 Å². The molecule has 1 aromatic heterocycles. The van der Waals surface area contributed by atoms with Crippen LogP contribution in [0.5, 0.6) is 0 Å².